The van der Waals surface area contributed by atoms with Crippen molar-refractivity contribution in [3.05, 3.63) is 40.9 Å². The molecule has 1 saturated heterocycles. The summed E-state index contributed by atoms with van der Waals surface area (Å²) in [5.41, 5.74) is 2.34. The van der Waals surface area contributed by atoms with E-state index in [9.17, 15) is 0 Å². The van der Waals surface area contributed by atoms with Gasteiger partial charge in [-0.3, -0.25) is 4.99 Å². The Morgan fingerprint density at radius 2 is 2.00 bits per heavy atom. The predicted octanol–water partition coefficient (Wildman–Crippen LogP) is 3.71. The van der Waals surface area contributed by atoms with Gasteiger partial charge in [-0.1, -0.05) is 18.2 Å². The van der Waals surface area contributed by atoms with Crippen LogP contribution in [0.3, 0.4) is 0 Å². The number of nitrogens with zero attached hydrogens (tertiary/aromatic N) is 3. The predicted molar refractivity (Wildman–Crippen MR) is 133 cm³/mol. The maximum absolute atomic E-state index is 5.42. The Bertz CT molecular complexity index is 761. The van der Waals surface area contributed by atoms with Gasteiger partial charge >= 0.3 is 0 Å². The number of para-hydroxylation sites is 1. The summed E-state index contributed by atoms with van der Waals surface area (Å²) in [4.78, 5) is 11.9. The molecule has 3 rings (SSSR count). The minimum Gasteiger partial charge on any atom is -0.496 e. The number of anilines is 1. The van der Waals surface area contributed by atoms with E-state index < -0.39 is 0 Å². The Hall–Kier alpha value is -1.55. The minimum absolute atomic E-state index is 0. The van der Waals surface area contributed by atoms with Crippen LogP contribution in [0.5, 0.6) is 5.75 Å². The van der Waals surface area contributed by atoms with Gasteiger partial charge < -0.3 is 20.3 Å². The Morgan fingerprint density at radius 3 is 2.76 bits per heavy atom. The molecule has 0 radical (unpaired) electrons. The van der Waals surface area contributed by atoms with Gasteiger partial charge in [0, 0.05) is 44.5 Å². The van der Waals surface area contributed by atoms with Gasteiger partial charge in [0.2, 0.25) is 0 Å². The molecule has 0 spiro atoms. The van der Waals surface area contributed by atoms with E-state index in [4.69, 9.17) is 14.7 Å². The zero-order valence-electron chi connectivity index (χ0n) is 17.3. The minimum atomic E-state index is 0. The number of ether oxygens (including phenoxy) is 1. The molecule has 1 aromatic heterocycles. The number of guanidine groups is 1. The molecule has 2 aromatic rings. The number of nitrogens with one attached hydrogen (secondary N) is 2. The third-order valence-corrected chi connectivity index (χ3v) is 5.73. The summed E-state index contributed by atoms with van der Waals surface area (Å²) in [6.45, 7) is 6.75. The monoisotopic (exact) mass is 529 g/mol. The largest absolute Gasteiger partial charge is 0.496 e. The molecule has 8 heteroatoms. The van der Waals surface area contributed by atoms with Crippen LogP contribution >= 0.6 is 35.3 Å². The molecular weight excluding hydrogens is 497 g/mol. The van der Waals surface area contributed by atoms with Crippen LogP contribution in [0.1, 0.15) is 31.0 Å². The fraction of sp³-hybridized carbons (Fsp3) is 0.524. The molecule has 0 atom stereocenters. The fourth-order valence-corrected chi connectivity index (χ4v) is 4.23. The maximum atomic E-state index is 5.42. The third-order valence-electron chi connectivity index (χ3n) is 4.78. The Kier molecular flexibility index (Phi) is 10.5. The molecule has 1 aromatic carbocycles. The highest BCUT2D eigenvalue weighted by molar-refractivity contribution is 14.0. The van der Waals surface area contributed by atoms with Crippen molar-refractivity contribution < 1.29 is 4.74 Å². The first kappa shape index (κ1) is 23.7. The number of methoxy groups -OCH3 is 1. The van der Waals surface area contributed by atoms with Crippen LogP contribution in [0.15, 0.2) is 34.6 Å². The summed E-state index contributed by atoms with van der Waals surface area (Å²) in [6.07, 6.45) is 4.32. The number of aromatic nitrogens is 1. The Morgan fingerprint density at radius 1 is 1.21 bits per heavy atom. The summed E-state index contributed by atoms with van der Waals surface area (Å²) in [7, 11) is 1.71. The van der Waals surface area contributed by atoms with E-state index in [1.807, 2.05) is 18.2 Å². The SMILES string of the molecule is CCNC(=NCCc1csc(N2CCCC2)n1)NCCc1ccccc1OC.I. The van der Waals surface area contributed by atoms with Crippen LogP contribution in [0.4, 0.5) is 5.13 Å². The Labute approximate surface area is 195 Å². The smallest absolute Gasteiger partial charge is 0.191 e. The molecule has 160 valence electrons. The van der Waals surface area contributed by atoms with Crippen molar-refractivity contribution in [3.63, 3.8) is 0 Å². The second-order valence-electron chi connectivity index (χ2n) is 6.81. The topological polar surface area (TPSA) is 61.8 Å². The molecule has 0 saturated carbocycles. The van der Waals surface area contributed by atoms with E-state index in [2.05, 4.69) is 33.9 Å². The van der Waals surface area contributed by atoms with Crippen LogP contribution < -0.4 is 20.3 Å². The quantitative estimate of drug-likeness (QED) is 0.295. The molecular formula is C21H32IN5OS. The van der Waals surface area contributed by atoms with Crippen molar-refractivity contribution in [1.29, 1.82) is 0 Å². The number of halogens is 1. The maximum Gasteiger partial charge on any atom is 0.191 e. The number of hydrogen-bond donors (Lipinski definition) is 2. The summed E-state index contributed by atoms with van der Waals surface area (Å²) in [5, 5.41) is 10.1. The normalized spacial score (nSPS) is 13.9. The average Bonchev–Trinajstić information content (AvgIpc) is 3.40. The van der Waals surface area contributed by atoms with E-state index in [-0.39, 0.29) is 24.0 Å². The van der Waals surface area contributed by atoms with E-state index >= 15 is 0 Å². The van der Waals surface area contributed by atoms with E-state index in [1.54, 1.807) is 18.4 Å². The summed E-state index contributed by atoms with van der Waals surface area (Å²) in [5.74, 6) is 1.79. The number of aliphatic imine (C=N–C) groups is 1. The number of hydrogen-bond acceptors (Lipinski definition) is 5. The van der Waals surface area contributed by atoms with Crippen molar-refractivity contribution in [2.45, 2.75) is 32.6 Å². The fourth-order valence-electron chi connectivity index (χ4n) is 3.31. The van der Waals surface area contributed by atoms with E-state index in [0.29, 0.717) is 0 Å². The van der Waals surface area contributed by atoms with Gasteiger partial charge in [-0.05, 0) is 37.8 Å². The molecule has 1 aliphatic rings. The van der Waals surface area contributed by atoms with Gasteiger partial charge in [-0.25, -0.2) is 4.98 Å². The van der Waals surface area contributed by atoms with Crippen molar-refractivity contribution >= 4 is 46.4 Å². The van der Waals surface area contributed by atoms with Gasteiger partial charge in [-0.15, -0.1) is 35.3 Å². The highest BCUT2D eigenvalue weighted by Crippen LogP contribution is 2.24. The number of thiazole rings is 1. The third kappa shape index (κ3) is 7.33. The molecule has 1 fully saturated rings. The van der Waals surface area contributed by atoms with Crippen molar-refractivity contribution in [2.75, 3.05) is 44.7 Å². The first-order valence-electron chi connectivity index (χ1n) is 10.1. The van der Waals surface area contributed by atoms with Crippen molar-refractivity contribution in [1.82, 2.24) is 15.6 Å². The molecule has 2 N–H and O–H groups in total. The van der Waals surface area contributed by atoms with E-state index in [0.717, 1.165) is 63.0 Å². The lowest BCUT2D eigenvalue weighted by Gasteiger charge is -2.13. The zero-order valence-corrected chi connectivity index (χ0v) is 20.5. The lowest BCUT2D eigenvalue weighted by atomic mass is 10.1. The zero-order chi connectivity index (χ0) is 19.6. The number of rotatable bonds is 9. The van der Waals surface area contributed by atoms with Gasteiger partial charge in [0.1, 0.15) is 5.75 Å². The van der Waals surface area contributed by atoms with Crippen molar-refractivity contribution in [2.24, 2.45) is 4.99 Å². The lowest BCUT2D eigenvalue weighted by Crippen LogP contribution is -2.38. The average molecular weight is 529 g/mol. The van der Waals surface area contributed by atoms with Crippen LogP contribution in [0, 0.1) is 0 Å². The summed E-state index contributed by atoms with van der Waals surface area (Å²) in [6, 6.07) is 8.14. The van der Waals surface area contributed by atoms with Gasteiger partial charge in [0.05, 0.1) is 12.8 Å². The van der Waals surface area contributed by atoms with Gasteiger partial charge in [0.15, 0.2) is 11.1 Å². The lowest BCUT2D eigenvalue weighted by molar-refractivity contribution is 0.409. The van der Waals surface area contributed by atoms with Crippen LogP contribution in [-0.2, 0) is 12.8 Å². The molecule has 0 aliphatic carbocycles. The molecule has 0 amide bonds. The van der Waals surface area contributed by atoms with Crippen LogP contribution in [0.25, 0.3) is 0 Å². The summed E-state index contributed by atoms with van der Waals surface area (Å²) >= 11 is 1.75. The van der Waals surface area contributed by atoms with Crippen LogP contribution in [-0.4, -0.2) is 50.8 Å². The molecule has 6 nitrogen and oxygen atoms in total. The molecule has 0 bridgehead atoms. The second-order valence-corrected chi connectivity index (χ2v) is 7.65. The molecule has 1 aliphatic heterocycles. The first-order valence-corrected chi connectivity index (χ1v) is 11.0. The van der Waals surface area contributed by atoms with Crippen molar-refractivity contribution in [3.8, 4) is 5.75 Å². The molecule has 0 unspecified atom stereocenters. The highest BCUT2D eigenvalue weighted by Gasteiger charge is 2.15. The Balaban J connectivity index is 0.00000300. The van der Waals surface area contributed by atoms with Gasteiger partial charge in [-0.2, -0.15) is 0 Å². The molecule has 2 heterocycles. The van der Waals surface area contributed by atoms with Gasteiger partial charge in [0.25, 0.3) is 0 Å². The highest BCUT2D eigenvalue weighted by atomic mass is 127. The van der Waals surface area contributed by atoms with Crippen LogP contribution in [0.2, 0.25) is 0 Å². The number of benzene rings is 1. The summed E-state index contributed by atoms with van der Waals surface area (Å²) < 4.78 is 5.42. The second kappa shape index (κ2) is 12.9. The molecule has 29 heavy (non-hydrogen) atoms. The standard InChI is InChI=1S/C21H31N5OS.HI/c1-3-22-20(23-12-10-17-8-4-5-9-19(17)27-2)24-13-11-18-16-28-21(25-18)26-14-6-7-15-26;/h4-5,8-9,16H,3,6-7,10-15H2,1-2H3,(H2,22,23,24);1H. The first-order chi connectivity index (χ1) is 13.8. The van der Waals surface area contributed by atoms with E-state index in [1.165, 1.54) is 23.5 Å².